The maximum absolute atomic E-state index is 13.7. The average Bonchev–Trinajstić information content (AvgIpc) is 3.53. The Balaban J connectivity index is 1.20. The summed E-state index contributed by atoms with van der Waals surface area (Å²) in [5, 5.41) is 24.5. The van der Waals surface area contributed by atoms with Crippen molar-refractivity contribution in [1.29, 1.82) is 0 Å². The van der Waals surface area contributed by atoms with E-state index in [2.05, 4.69) is 10.6 Å². The van der Waals surface area contributed by atoms with E-state index in [9.17, 15) is 33.8 Å². The van der Waals surface area contributed by atoms with E-state index >= 15 is 0 Å². The predicted octanol–water partition coefficient (Wildman–Crippen LogP) is 3.59. The van der Waals surface area contributed by atoms with Gasteiger partial charge in [0.15, 0.2) is 18.1 Å². The number of aliphatic carboxylic acids is 1. The number of ether oxygens (including phenoxy) is 3. The fourth-order valence-electron chi connectivity index (χ4n) is 5.25. The number of aliphatic hydroxyl groups excluding tert-OH is 1. The number of nitrogens with one attached hydrogen (secondary N) is 2. The minimum Gasteiger partial charge on any atom is -0.484 e. The minimum absolute atomic E-state index is 0.116. The summed E-state index contributed by atoms with van der Waals surface area (Å²) in [4.78, 5) is 51.0. The molecule has 4 N–H and O–H groups in total. The molecule has 0 spiro atoms. The fourth-order valence-corrected chi connectivity index (χ4v) is 6.55. The van der Waals surface area contributed by atoms with Gasteiger partial charge >= 0.3 is 5.97 Å². The maximum atomic E-state index is 13.7. The molecule has 48 heavy (non-hydrogen) atoms. The van der Waals surface area contributed by atoms with Crippen LogP contribution in [0.3, 0.4) is 0 Å². The summed E-state index contributed by atoms with van der Waals surface area (Å²) in [7, 11) is 0. The van der Waals surface area contributed by atoms with Crippen molar-refractivity contribution in [3.8, 4) is 17.2 Å². The Morgan fingerprint density at radius 3 is 2.38 bits per heavy atom. The molecule has 3 amide bonds. The van der Waals surface area contributed by atoms with Gasteiger partial charge in [-0.15, -0.1) is 11.8 Å². The summed E-state index contributed by atoms with van der Waals surface area (Å²) in [5.41, 5.74) is 1.19. The van der Waals surface area contributed by atoms with Gasteiger partial charge < -0.3 is 40.0 Å². The number of aliphatic hydroxyl groups is 1. The van der Waals surface area contributed by atoms with Gasteiger partial charge in [-0.25, -0.2) is 9.18 Å². The number of carbonyl (C=O) groups is 4. The number of carbonyl (C=O) groups excluding carboxylic acids is 3. The van der Waals surface area contributed by atoms with E-state index in [4.69, 9.17) is 14.2 Å². The summed E-state index contributed by atoms with van der Waals surface area (Å²) >= 11 is 1.31. The lowest BCUT2D eigenvalue weighted by Gasteiger charge is -2.47. The molecule has 254 valence electrons. The normalized spacial score (nSPS) is 18.0. The third-order valence-electron chi connectivity index (χ3n) is 7.82. The lowest BCUT2D eigenvalue weighted by Crippen LogP contribution is -2.57. The fraction of sp³-hybridized carbons (Fsp3) is 0.353. The van der Waals surface area contributed by atoms with Gasteiger partial charge in [0.05, 0.1) is 18.7 Å². The van der Waals surface area contributed by atoms with Gasteiger partial charge in [0, 0.05) is 11.4 Å². The van der Waals surface area contributed by atoms with Crippen LogP contribution in [0.2, 0.25) is 0 Å². The number of nitrogens with zero attached hydrogens (tertiary/aromatic N) is 1. The first-order chi connectivity index (χ1) is 22.8. The van der Waals surface area contributed by atoms with E-state index < -0.39 is 65.6 Å². The highest BCUT2D eigenvalue weighted by molar-refractivity contribution is 8.00. The van der Waals surface area contributed by atoms with Gasteiger partial charge in [0.2, 0.25) is 18.6 Å². The summed E-state index contributed by atoms with van der Waals surface area (Å²) in [6, 6.07) is 16.1. The molecule has 0 radical (unpaired) electrons. The number of rotatable bonds is 13. The summed E-state index contributed by atoms with van der Waals surface area (Å²) < 4.78 is 30.0. The number of benzene rings is 3. The zero-order valence-corrected chi connectivity index (χ0v) is 27.3. The highest BCUT2D eigenvalue weighted by atomic mass is 32.2. The van der Waals surface area contributed by atoms with Gasteiger partial charge in [0.25, 0.3) is 5.91 Å². The van der Waals surface area contributed by atoms with E-state index in [0.717, 1.165) is 5.56 Å². The van der Waals surface area contributed by atoms with Crippen LogP contribution in [0.25, 0.3) is 0 Å². The molecular formula is C34H36FN3O9S. The number of hydrogen-bond acceptors (Lipinski definition) is 9. The maximum Gasteiger partial charge on any atom is 0.326 e. The van der Waals surface area contributed by atoms with Crippen LogP contribution in [0.15, 0.2) is 66.7 Å². The first-order valence-corrected chi connectivity index (χ1v) is 16.2. The van der Waals surface area contributed by atoms with Gasteiger partial charge in [-0.05, 0) is 65.1 Å². The Bertz CT molecular complexity index is 1660. The molecule has 12 nitrogen and oxygen atoms in total. The minimum atomic E-state index is -1.18. The van der Waals surface area contributed by atoms with Crippen molar-refractivity contribution in [3.63, 3.8) is 0 Å². The number of carboxylic acid groups (broad SMARTS) is 1. The number of halogens is 1. The molecule has 0 aliphatic carbocycles. The molecule has 3 aromatic rings. The Labute approximate surface area is 280 Å². The molecule has 0 saturated carbocycles. The summed E-state index contributed by atoms with van der Waals surface area (Å²) in [6.07, 6.45) is -0.872. The predicted molar refractivity (Wildman–Crippen MR) is 174 cm³/mol. The first-order valence-electron chi connectivity index (χ1n) is 15.1. The zero-order valence-electron chi connectivity index (χ0n) is 26.5. The molecule has 2 heterocycles. The molecule has 0 bridgehead atoms. The third kappa shape index (κ3) is 8.00. The van der Waals surface area contributed by atoms with Crippen LogP contribution in [0, 0.1) is 11.2 Å². The molecule has 0 aromatic heterocycles. The second kappa shape index (κ2) is 14.5. The topological polar surface area (TPSA) is 164 Å². The monoisotopic (exact) mass is 681 g/mol. The van der Waals surface area contributed by atoms with Crippen LogP contribution in [0.1, 0.15) is 44.0 Å². The molecule has 1 unspecified atom stereocenters. The van der Waals surface area contributed by atoms with E-state index in [0.29, 0.717) is 28.5 Å². The Morgan fingerprint density at radius 1 is 1.02 bits per heavy atom. The highest BCUT2D eigenvalue weighted by Gasteiger charge is 2.49. The van der Waals surface area contributed by atoms with Crippen molar-refractivity contribution >= 4 is 41.1 Å². The standard InChI is InChI=1S/C34H36FN3O9S/c1-34(2,3)31(33(43)44)37-27(40)15-36-28(41)16-45-23-11-4-19(5-12-23)29-30(32(42)38(29)22-9-7-21(35)8-10-22)48-17-24(39)20-6-13-25-26(14-20)47-18-46-25/h4-14,24,29-31,39H,15-18H2,1-3H3,(H,36,41)(H,37,40)(H,43,44)/t24?,29-,30-,31+/m1/s1. The number of fused-ring (bicyclic) bond motifs is 1. The Morgan fingerprint density at radius 2 is 1.71 bits per heavy atom. The van der Waals surface area contributed by atoms with Crippen molar-refractivity contribution in [1.82, 2.24) is 10.6 Å². The van der Waals surface area contributed by atoms with Crippen molar-refractivity contribution < 1.29 is 48.0 Å². The largest absolute Gasteiger partial charge is 0.484 e. The molecule has 2 aliphatic heterocycles. The van der Waals surface area contributed by atoms with Crippen molar-refractivity contribution in [2.45, 2.75) is 44.2 Å². The third-order valence-corrected chi connectivity index (χ3v) is 9.15. The molecule has 14 heteroatoms. The molecule has 5 rings (SSSR count). The summed E-state index contributed by atoms with van der Waals surface area (Å²) in [5.74, 6) is -1.28. The molecular weight excluding hydrogens is 645 g/mol. The number of hydrogen-bond donors (Lipinski definition) is 4. The molecule has 3 aromatic carbocycles. The number of carboxylic acids is 1. The highest BCUT2D eigenvalue weighted by Crippen LogP contribution is 2.46. The molecule has 4 atom stereocenters. The second-order valence-electron chi connectivity index (χ2n) is 12.4. The van der Waals surface area contributed by atoms with E-state index in [1.165, 1.54) is 36.0 Å². The average molecular weight is 682 g/mol. The van der Waals surface area contributed by atoms with Crippen LogP contribution in [0.4, 0.5) is 10.1 Å². The van der Waals surface area contributed by atoms with Crippen LogP contribution in [0.5, 0.6) is 17.2 Å². The number of amides is 3. The molecule has 1 saturated heterocycles. The van der Waals surface area contributed by atoms with E-state index in [1.54, 1.807) is 68.1 Å². The lowest BCUT2D eigenvalue weighted by molar-refractivity contribution is -0.144. The number of thioether (sulfide) groups is 1. The van der Waals surface area contributed by atoms with Crippen molar-refractivity contribution in [3.05, 3.63) is 83.7 Å². The Hall–Kier alpha value is -4.82. The first kappa shape index (κ1) is 34.5. The van der Waals surface area contributed by atoms with E-state index in [1.807, 2.05) is 0 Å². The molecule has 1 fully saturated rings. The molecule has 2 aliphatic rings. The smallest absolute Gasteiger partial charge is 0.326 e. The number of β-lactam (4-membered cyclic amide) rings is 1. The van der Waals surface area contributed by atoms with Gasteiger partial charge in [-0.2, -0.15) is 0 Å². The van der Waals surface area contributed by atoms with Crippen molar-refractivity contribution in [2.75, 3.05) is 30.6 Å². The van der Waals surface area contributed by atoms with Crippen molar-refractivity contribution in [2.24, 2.45) is 5.41 Å². The van der Waals surface area contributed by atoms with Crippen LogP contribution in [-0.2, 0) is 19.2 Å². The van der Waals surface area contributed by atoms with Crippen LogP contribution >= 0.6 is 11.8 Å². The quantitative estimate of drug-likeness (QED) is 0.196. The van der Waals surface area contributed by atoms with Gasteiger partial charge in [-0.3, -0.25) is 14.4 Å². The van der Waals surface area contributed by atoms with Gasteiger partial charge in [-0.1, -0.05) is 39.0 Å². The Kier molecular flexibility index (Phi) is 10.4. The zero-order chi connectivity index (χ0) is 34.6. The SMILES string of the molecule is CC(C)(C)[C@@H](NC(=O)CNC(=O)COc1ccc([C@@H]2[C@@H](SCC(O)c3ccc4c(c3)OCO4)C(=O)N2c2ccc(F)cc2)cc1)C(=O)O. The number of anilines is 1. The van der Waals surface area contributed by atoms with Gasteiger partial charge in [0.1, 0.15) is 22.9 Å². The van der Waals surface area contributed by atoms with Crippen LogP contribution in [-0.4, -0.2) is 70.9 Å². The van der Waals surface area contributed by atoms with Crippen LogP contribution < -0.4 is 29.7 Å². The van der Waals surface area contributed by atoms with E-state index in [-0.39, 0.29) is 18.5 Å². The summed E-state index contributed by atoms with van der Waals surface area (Å²) in [6.45, 7) is 4.34. The lowest BCUT2D eigenvalue weighted by atomic mass is 9.87. The second-order valence-corrected chi connectivity index (χ2v) is 13.5.